The first-order chi connectivity index (χ1) is 6.34. The van der Waals surface area contributed by atoms with Crippen LogP contribution in [0, 0.1) is 0 Å². The number of alkyl halides is 1. The fourth-order valence-corrected chi connectivity index (χ4v) is 2.38. The third kappa shape index (κ3) is 2.55. The molecule has 1 saturated heterocycles. The molecule has 0 saturated carbocycles. The van der Waals surface area contributed by atoms with Gasteiger partial charge in [-0.15, -0.1) is 0 Å². The van der Waals surface area contributed by atoms with Crippen LogP contribution in [0.2, 0.25) is 0 Å². The van der Waals surface area contributed by atoms with Crippen molar-refractivity contribution in [1.82, 2.24) is 4.90 Å². The van der Waals surface area contributed by atoms with Crippen molar-refractivity contribution in [3.63, 3.8) is 0 Å². The number of hydrogen-bond donors (Lipinski definition) is 0. The zero-order chi connectivity index (χ0) is 9.10. The van der Waals surface area contributed by atoms with E-state index < -0.39 is 0 Å². The number of nitrogens with zero attached hydrogens (tertiary/aromatic N) is 1. The highest BCUT2D eigenvalue weighted by Gasteiger charge is 2.19. The van der Waals surface area contributed by atoms with E-state index in [2.05, 4.69) is 51.2 Å². The lowest BCUT2D eigenvalue weighted by Gasteiger charge is -2.14. The summed E-state index contributed by atoms with van der Waals surface area (Å²) >= 11 is 3.65. The van der Waals surface area contributed by atoms with Crippen LogP contribution in [0.25, 0.3) is 0 Å². The van der Waals surface area contributed by atoms with Crippen LogP contribution in [0.1, 0.15) is 12.0 Å². The number of halogens is 1. The third-order valence-electron chi connectivity index (χ3n) is 2.46. The van der Waals surface area contributed by atoms with Crippen LogP contribution in [0.15, 0.2) is 30.3 Å². The zero-order valence-electron chi connectivity index (χ0n) is 7.62. The number of hydrogen-bond acceptors (Lipinski definition) is 1. The molecule has 0 bridgehead atoms. The molecule has 1 fully saturated rings. The summed E-state index contributed by atoms with van der Waals surface area (Å²) in [5, 5.41) is 0. The molecule has 0 spiro atoms. The highest BCUT2D eigenvalue weighted by molar-refractivity contribution is 9.09. The van der Waals surface area contributed by atoms with Gasteiger partial charge in [0.2, 0.25) is 0 Å². The Morgan fingerprint density at radius 1 is 1.31 bits per heavy atom. The van der Waals surface area contributed by atoms with Crippen molar-refractivity contribution in [3.8, 4) is 0 Å². The molecule has 1 aliphatic heterocycles. The molecule has 1 aromatic carbocycles. The summed E-state index contributed by atoms with van der Waals surface area (Å²) < 4.78 is 0. The van der Waals surface area contributed by atoms with Gasteiger partial charge in [-0.05, 0) is 18.5 Å². The van der Waals surface area contributed by atoms with Crippen molar-refractivity contribution >= 4 is 15.9 Å². The van der Waals surface area contributed by atoms with E-state index in [1.54, 1.807) is 0 Å². The molecule has 2 rings (SSSR count). The summed E-state index contributed by atoms with van der Waals surface area (Å²) in [5.41, 5.74) is 1.42. The zero-order valence-corrected chi connectivity index (χ0v) is 9.20. The van der Waals surface area contributed by atoms with E-state index in [9.17, 15) is 0 Å². The molecule has 0 amide bonds. The summed E-state index contributed by atoms with van der Waals surface area (Å²) in [6, 6.07) is 10.7. The predicted molar refractivity (Wildman–Crippen MR) is 59.1 cm³/mol. The van der Waals surface area contributed by atoms with Gasteiger partial charge in [0.05, 0.1) is 0 Å². The monoisotopic (exact) mass is 239 g/mol. The second-order valence-corrected chi connectivity index (χ2v) is 4.90. The van der Waals surface area contributed by atoms with E-state index in [-0.39, 0.29) is 0 Å². The Balaban J connectivity index is 1.92. The fourth-order valence-electron chi connectivity index (χ4n) is 1.77. The van der Waals surface area contributed by atoms with Gasteiger partial charge in [-0.2, -0.15) is 0 Å². The highest BCUT2D eigenvalue weighted by atomic mass is 79.9. The van der Waals surface area contributed by atoms with Crippen molar-refractivity contribution in [1.29, 1.82) is 0 Å². The smallest absolute Gasteiger partial charge is 0.0285 e. The van der Waals surface area contributed by atoms with Crippen LogP contribution in [0.4, 0.5) is 0 Å². The molecule has 0 aliphatic carbocycles. The maximum Gasteiger partial charge on any atom is 0.0285 e. The Kier molecular flexibility index (Phi) is 3.01. The van der Waals surface area contributed by atoms with Crippen molar-refractivity contribution in [2.45, 2.75) is 17.8 Å². The lowest BCUT2D eigenvalue weighted by Crippen LogP contribution is -2.19. The molecule has 0 aromatic heterocycles. The van der Waals surface area contributed by atoms with Gasteiger partial charge in [-0.25, -0.2) is 0 Å². The van der Waals surface area contributed by atoms with Crippen molar-refractivity contribution in [2.75, 3.05) is 13.1 Å². The molecular weight excluding hydrogens is 226 g/mol. The predicted octanol–water partition coefficient (Wildman–Crippen LogP) is 2.66. The van der Waals surface area contributed by atoms with Gasteiger partial charge in [-0.1, -0.05) is 46.3 Å². The second-order valence-electron chi connectivity index (χ2n) is 3.61. The first-order valence-electron chi connectivity index (χ1n) is 4.75. The maximum atomic E-state index is 3.65. The van der Waals surface area contributed by atoms with Crippen molar-refractivity contribution < 1.29 is 0 Å². The lowest BCUT2D eigenvalue weighted by molar-refractivity contribution is 0.332. The molecule has 0 radical (unpaired) electrons. The van der Waals surface area contributed by atoms with E-state index in [1.165, 1.54) is 25.1 Å². The Hall–Kier alpha value is -0.340. The number of rotatable bonds is 2. The molecule has 1 nitrogen and oxygen atoms in total. The minimum atomic E-state index is 0.705. The van der Waals surface area contributed by atoms with Crippen LogP contribution in [-0.4, -0.2) is 22.8 Å². The molecule has 2 heteroatoms. The van der Waals surface area contributed by atoms with Gasteiger partial charge < -0.3 is 0 Å². The largest absolute Gasteiger partial charge is 0.298 e. The molecule has 1 heterocycles. The molecule has 1 aromatic rings. The summed E-state index contributed by atoms with van der Waals surface area (Å²) in [6.45, 7) is 3.52. The molecule has 13 heavy (non-hydrogen) atoms. The number of likely N-dealkylation sites (tertiary alicyclic amines) is 1. The Bertz CT molecular complexity index is 260. The Morgan fingerprint density at radius 3 is 2.69 bits per heavy atom. The minimum absolute atomic E-state index is 0.705. The average Bonchev–Trinajstić information content (AvgIpc) is 2.53. The van der Waals surface area contributed by atoms with Crippen LogP contribution in [0.5, 0.6) is 0 Å². The average molecular weight is 240 g/mol. The number of benzene rings is 1. The SMILES string of the molecule is Br[C@@H]1CCN(Cc2ccccc2)C1. The van der Waals surface area contributed by atoms with Crippen molar-refractivity contribution in [2.24, 2.45) is 0 Å². The Labute approximate surface area is 87.9 Å². The van der Waals surface area contributed by atoms with Crippen LogP contribution in [-0.2, 0) is 6.54 Å². The molecule has 0 N–H and O–H groups in total. The normalized spacial score (nSPS) is 23.6. The topological polar surface area (TPSA) is 3.24 Å². The van der Waals surface area contributed by atoms with E-state index in [4.69, 9.17) is 0 Å². The van der Waals surface area contributed by atoms with Crippen LogP contribution < -0.4 is 0 Å². The van der Waals surface area contributed by atoms with E-state index in [0.29, 0.717) is 4.83 Å². The minimum Gasteiger partial charge on any atom is -0.298 e. The van der Waals surface area contributed by atoms with Crippen molar-refractivity contribution in [3.05, 3.63) is 35.9 Å². The van der Waals surface area contributed by atoms with Gasteiger partial charge >= 0.3 is 0 Å². The summed E-state index contributed by atoms with van der Waals surface area (Å²) in [5.74, 6) is 0. The standard InChI is InChI=1S/C11H14BrN/c12-11-6-7-13(9-11)8-10-4-2-1-3-5-10/h1-5,11H,6-9H2/t11-/m1/s1. The molecule has 0 unspecified atom stereocenters. The lowest BCUT2D eigenvalue weighted by atomic mass is 10.2. The molecule has 70 valence electrons. The second kappa shape index (κ2) is 4.25. The molecule has 1 atom stereocenters. The summed E-state index contributed by atoms with van der Waals surface area (Å²) in [7, 11) is 0. The highest BCUT2D eigenvalue weighted by Crippen LogP contribution is 2.18. The fraction of sp³-hybridized carbons (Fsp3) is 0.455. The van der Waals surface area contributed by atoms with Gasteiger partial charge in [0.25, 0.3) is 0 Å². The van der Waals surface area contributed by atoms with Gasteiger partial charge in [0, 0.05) is 17.9 Å². The van der Waals surface area contributed by atoms with Crippen LogP contribution in [0.3, 0.4) is 0 Å². The van der Waals surface area contributed by atoms with Gasteiger partial charge in [0.1, 0.15) is 0 Å². The molecule has 1 aliphatic rings. The van der Waals surface area contributed by atoms with E-state index in [0.717, 1.165) is 6.54 Å². The first kappa shape index (κ1) is 9.22. The van der Waals surface area contributed by atoms with E-state index in [1.807, 2.05) is 0 Å². The first-order valence-corrected chi connectivity index (χ1v) is 5.66. The van der Waals surface area contributed by atoms with Gasteiger partial charge in [0.15, 0.2) is 0 Å². The van der Waals surface area contributed by atoms with Gasteiger partial charge in [-0.3, -0.25) is 4.90 Å². The third-order valence-corrected chi connectivity index (χ3v) is 3.21. The Morgan fingerprint density at radius 2 is 2.08 bits per heavy atom. The summed E-state index contributed by atoms with van der Waals surface area (Å²) in [4.78, 5) is 3.20. The quantitative estimate of drug-likeness (QED) is 0.718. The van der Waals surface area contributed by atoms with Crippen LogP contribution >= 0.6 is 15.9 Å². The van der Waals surface area contributed by atoms with E-state index >= 15 is 0 Å². The molecular formula is C11H14BrN. The summed E-state index contributed by atoms with van der Waals surface area (Å²) in [6.07, 6.45) is 1.28. The maximum absolute atomic E-state index is 3.65.